The molecule has 0 saturated carbocycles. The van der Waals surface area contributed by atoms with E-state index in [-0.39, 0.29) is 5.60 Å². The molecule has 0 spiro atoms. The van der Waals surface area contributed by atoms with Crippen molar-refractivity contribution in [3.8, 4) is 0 Å². The van der Waals surface area contributed by atoms with E-state index in [4.69, 9.17) is 14.8 Å². The van der Waals surface area contributed by atoms with Crippen molar-refractivity contribution >= 4 is 27.2 Å². The highest BCUT2D eigenvalue weighted by atomic mass is 32.1. The molecule has 3 aromatic heterocycles. The summed E-state index contributed by atoms with van der Waals surface area (Å²) in [7, 11) is 0. The monoisotopic (exact) mass is 373 g/mol. The summed E-state index contributed by atoms with van der Waals surface area (Å²) in [5, 5.41) is 5.86. The third kappa shape index (κ3) is 3.23. The van der Waals surface area contributed by atoms with Crippen LogP contribution in [0.25, 0.3) is 15.9 Å². The molecule has 140 valence electrons. The van der Waals surface area contributed by atoms with E-state index in [9.17, 15) is 0 Å². The number of thiophene rings is 1. The number of hydrogen-bond donors (Lipinski definition) is 0. The Morgan fingerprint density at radius 2 is 2.19 bits per heavy atom. The predicted molar refractivity (Wildman–Crippen MR) is 105 cm³/mol. The molecule has 0 radical (unpaired) electrons. The number of nitrogens with zero attached hydrogens (tertiary/aromatic N) is 5. The van der Waals surface area contributed by atoms with Crippen LogP contribution >= 0.6 is 11.3 Å². The minimum Gasteiger partial charge on any atom is -0.370 e. The van der Waals surface area contributed by atoms with Gasteiger partial charge in [-0.15, -0.1) is 16.4 Å². The van der Waals surface area contributed by atoms with E-state index in [1.165, 1.54) is 28.7 Å². The molecule has 0 saturated heterocycles. The van der Waals surface area contributed by atoms with Gasteiger partial charge in [0.15, 0.2) is 11.5 Å². The average Bonchev–Trinajstić information content (AvgIpc) is 3.17. The van der Waals surface area contributed by atoms with E-state index in [0.29, 0.717) is 6.61 Å². The van der Waals surface area contributed by atoms with Gasteiger partial charge < -0.3 is 4.74 Å². The van der Waals surface area contributed by atoms with Crippen molar-refractivity contribution in [2.24, 2.45) is 0 Å². The number of fused-ring (bicyclic) bond motifs is 5. The van der Waals surface area contributed by atoms with Crippen molar-refractivity contribution in [3.05, 3.63) is 22.6 Å². The topological polar surface area (TPSA) is 55.6 Å². The molecule has 26 heavy (non-hydrogen) atoms. The molecule has 0 amide bonds. The summed E-state index contributed by atoms with van der Waals surface area (Å²) >= 11 is 1.73. The predicted octanol–water partition coefficient (Wildman–Crippen LogP) is 3.81. The Hall–Kier alpha value is -1.57. The molecule has 0 aromatic carbocycles. The summed E-state index contributed by atoms with van der Waals surface area (Å²) in [6, 6.07) is 0. The zero-order valence-electron chi connectivity index (χ0n) is 16.1. The van der Waals surface area contributed by atoms with Crippen molar-refractivity contribution in [3.63, 3.8) is 0 Å². The van der Waals surface area contributed by atoms with Crippen LogP contribution in [0.2, 0.25) is 0 Å². The molecule has 4 rings (SSSR count). The van der Waals surface area contributed by atoms with Crippen molar-refractivity contribution < 1.29 is 4.74 Å². The molecular weight excluding hydrogens is 346 g/mol. The molecule has 3 aromatic rings. The van der Waals surface area contributed by atoms with E-state index in [1.807, 2.05) is 4.52 Å². The van der Waals surface area contributed by atoms with Gasteiger partial charge in [0.1, 0.15) is 11.2 Å². The molecule has 0 fully saturated rings. The summed E-state index contributed by atoms with van der Waals surface area (Å²) in [5.74, 6) is 0.878. The normalized spacial score (nSPS) is 16.7. The van der Waals surface area contributed by atoms with Crippen molar-refractivity contribution in [1.29, 1.82) is 0 Å². The van der Waals surface area contributed by atoms with E-state index in [1.54, 1.807) is 17.7 Å². The molecule has 4 heterocycles. The SMILES string of the molecule is CCCCN(CC)Cc1nc2c3c4c(sc3ncn2n1)COC(C)(C)C4. The Bertz CT molecular complexity index is 929. The standard InChI is InChI=1S/C19H27N5OS/c1-5-7-8-23(6-2)10-15-21-17-16-13-9-19(3,4)25-11-14(13)26-18(16)20-12-24(17)22-15/h12H,5-11H2,1-4H3. The Kier molecular flexibility index (Phi) is 4.71. The van der Waals surface area contributed by atoms with Crippen LogP contribution in [-0.2, 0) is 24.3 Å². The number of unbranched alkanes of at least 4 members (excludes halogenated alkanes) is 1. The number of rotatable bonds is 6. The lowest BCUT2D eigenvalue weighted by Crippen LogP contribution is -2.31. The minimum absolute atomic E-state index is 0.143. The molecule has 0 bridgehead atoms. The number of ether oxygens (including phenoxy) is 1. The Balaban J connectivity index is 1.74. The molecule has 1 aliphatic heterocycles. The summed E-state index contributed by atoms with van der Waals surface area (Å²) < 4.78 is 7.82. The maximum atomic E-state index is 5.98. The van der Waals surface area contributed by atoms with Gasteiger partial charge in [0.25, 0.3) is 0 Å². The zero-order chi connectivity index (χ0) is 18.3. The molecule has 7 heteroatoms. The highest BCUT2D eigenvalue weighted by Crippen LogP contribution is 2.39. The molecule has 0 N–H and O–H groups in total. The van der Waals surface area contributed by atoms with E-state index >= 15 is 0 Å². The minimum atomic E-state index is -0.143. The second-order valence-electron chi connectivity index (χ2n) is 7.67. The number of hydrogen-bond acceptors (Lipinski definition) is 6. The molecule has 0 unspecified atom stereocenters. The maximum Gasteiger partial charge on any atom is 0.168 e. The third-order valence-corrected chi connectivity index (χ3v) is 6.21. The summed E-state index contributed by atoms with van der Waals surface area (Å²) in [5.41, 5.74) is 2.14. The van der Waals surface area contributed by atoms with Crippen LogP contribution in [0.5, 0.6) is 0 Å². The van der Waals surface area contributed by atoms with E-state index in [2.05, 4.69) is 37.6 Å². The molecule has 1 aliphatic rings. The van der Waals surface area contributed by atoms with Gasteiger partial charge in [-0.3, -0.25) is 4.90 Å². The van der Waals surface area contributed by atoms with Crippen LogP contribution in [0.3, 0.4) is 0 Å². The van der Waals surface area contributed by atoms with E-state index < -0.39 is 0 Å². The van der Waals surface area contributed by atoms with Gasteiger partial charge in [-0.05, 0) is 38.9 Å². The second-order valence-corrected chi connectivity index (χ2v) is 8.76. The van der Waals surface area contributed by atoms with Gasteiger partial charge in [0, 0.05) is 11.3 Å². The Morgan fingerprint density at radius 3 is 2.96 bits per heavy atom. The van der Waals surface area contributed by atoms with Gasteiger partial charge in [0.05, 0.1) is 24.1 Å². The first-order valence-corrected chi connectivity index (χ1v) is 10.3. The van der Waals surface area contributed by atoms with Crippen LogP contribution < -0.4 is 0 Å². The number of aromatic nitrogens is 4. The van der Waals surface area contributed by atoms with Gasteiger partial charge in [-0.2, -0.15) is 0 Å². The van der Waals surface area contributed by atoms with E-state index in [0.717, 1.165) is 42.4 Å². The van der Waals surface area contributed by atoms with Gasteiger partial charge in [-0.1, -0.05) is 20.3 Å². The fourth-order valence-corrected chi connectivity index (χ4v) is 4.65. The van der Waals surface area contributed by atoms with Crippen LogP contribution in [0.4, 0.5) is 0 Å². The van der Waals surface area contributed by atoms with Crippen LogP contribution in [0, 0.1) is 0 Å². The van der Waals surface area contributed by atoms with Gasteiger partial charge in [0.2, 0.25) is 0 Å². The second kappa shape index (κ2) is 6.87. The quantitative estimate of drug-likeness (QED) is 0.658. The lowest BCUT2D eigenvalue weighted by molar-refractivity contribution is -0.0379. The highest BCUT2D eigenvalue weighted by Gasteiger charge is 2.30. The molecular formula is C19H27N5OS. The zero-order valence-corrected chi connectivity index (χ0v) is 16.9. The molecule has 6 nitrogen and oxygen atoms in total. The van der Waals surface area contributed by atoms with Crippen LogP contribution in [0.15, 0.2) is 6.33 Å². The summed E-state index contributed by atoms with van der Waals surface area (Å²) in [6.45, 7) is 12.3. The van der Waals surface area contributed by atoms with Crippen molar-refractivity contribution in [1.82, 2.24) is 24.5 Å². The Morgan fingerprint density at radius 1 is 1.35 bits per heavy atom. The van der Waals surface area contributed by atoms with Gasteiger partial charge >= 0.3 is 0 Å². The van der Waals surface area contributed by atoms with Crippen LogP contribution in [-0.4, -0.2) is 43.2 Å². The van der Waals surface area contributed by atoms with Crippen molar-refractivity contribution in [2.75, 3.05) is 13.1 Å². The average molecular weight is 374 g/mol. The Labute approximate surface area is 158 Å². The summed E-state index contributed by atoms with van der Waals surface area (Å²) in [4.78, 5) is 14.3. The first kappa shape index (κ1) is 17.8. The first-order chi connectivity index (χ1) is 12.5. The maximum absolute atomic E-state index is 5.98. The van der Waals surface area contributed by atoms with Crippen molar-refractivity contribution in [2.45, 2.75) is 65.7 Å². The molecule has 0 atom stereocenters. The fraction of sp³-hybridized carbons (Fsp3) is 0.632. The molecule has 0 aliphatic carbocycles. The highest BCUT2D eigenvalue weighted by molar-refractivity contribution is 7.19. The first-order valence-electron chi connectivity index (χ1n) is 9.51. The smallest absolute Gasteiger partial charge is 0.168 e. The summed E-state index contributed by atoms with van der Waals surface area (Å²) in [6.07, 6.45) is 5.10. The lowest BCUT2D eigenvalue weighted by Gasteiger charge is -2.30. The largest absolute Gasteiger partial charge is 0.370 e. The van der Waals surface area contributed by atoms with Gasteiger partial charge in [-0.25, -0.2) is 14.5 Å². The third-order valence-electron chi connectivity index (χ3n) is 5.09. The van der Waals surface area contributed by atoms with Crippen LogP contribution in [0.1, 0.15) is 56.8 Å². The lowest BCUT2D eigenvalue weighted by atomic mass is 9.94. The fourth-order valence-electron chi connectivity index (χ4n) is 3.58.